The Morgan fingerprint density at radius 1 is 0.795 bits per heavy atom. The average molecular weight is 568 g/mol. The van der Waals surface area contributed by atoms with Gasteiger partial charge in [-0.05, 0) is 99.3 Å². The molecule has 210 valence electrons. The third kappa shape index (κ3) is 9.18. The summed E-state index contributed by atoms with van der Waals surface area (Å²) in [6.07, 6.45) is 7.68. The van der Waals surface area contributed by atoms with E-state index in [1.807, 2.05) is 0 Å². The van der Waals surface area contributed by atoms with E-state index in [1.54, 1.807) is 0 Å². The Kier molecular flexibility index (Phi) is 12.5. The summed E-state index contributed by atoms with van der Waals surface area (Å²) in [5, 5.41) is 0. The smallest absolute Gasteiger partial charge is 0.162 e. The van der Waals surface area contributed by atoms with Crippen LogP contribution < -0.4 is 0 Å². The summed E-state index contributed by atoms with van der Waals surface area (Å²) < 4.78 is 0. The summed E-state index contributed by atoms with van der Waals surface area (Å²) in [7, 11) is 0. The van der Waals surface area contributed by atoms with Crippen LogP contribution in [0.15, 0.2) is 72.8 Å². The van der Waals surface area contributed by atoms with Crippen molar-refractivity contribution in [1.82, 2.24) is 9.80 Å². The topological polar surface area (TPSA) is 23.6 Å². The number of nitrogens with zero attached hydrogens (tertiary/aromatic N) is 2. The number of hydrogen-bond donors (Lipinski definition) is 0. The molecule has 0 N–H and O–H groups in total. The highest BCUT2D eigenvalue weighted by Crippen LogP contribution is 2.26. The van der Waals surface area contributed by atoms with Crippen molar-refractivity contribution >= 4 is 30.6 Å². The Balaban J connectivity index is 0.00000210. The van der Waals surface area contributed by atoms with Gasteiger partial charge in [0.1, 0.15) is 0 Å². The van der Waals surface area contributed by atoms with E-state index in [0.717, 1.165) is 50.5 Å². The number of benzene rings is 3. The minimum absolute atomic E-state index is 0. The molecule has 1 fully saturated rings. The van der Waals surface area contributed by atoms with Crippen molar-refractivity contribution in [1.29, 1.82) is 0 Å². The van der Waals surface area contributed by atoms with Crippen LogP contribution in [0.3, 0.4) is 0 Å². The number of likely N-dealkylation sites (tertiary alicyclic amines) is 1. The van der Waals surface area contributed by atoms with E-state index < -0.39 is 0 Å². The fourth-order valence-electron chi connectivity index (χ4n) is 6.06. The molecule has 0 amide bonds. The molecule has 2 aliphatic heterocycles. The lowest BCUT2D eigenvalue weighted by atomic mass is 9.90. The van der Waals surface area contributed by atoms with Crippen molar-refractivity contribution in [2.75, 3.05) is 19.6 Å². The SMILES string of the molecule is Cc1ccc(CN2CCC(CCCC(=O)c3ccc4c(c3)CN(Cc3ccccc3)CCC4)CC2)cc1.Cl.Cl. The maximum absolute atomic E-state index is 13.1. The van der Waals surface area contributed by atoms with Crippen molar-refractivity contribution < 1.29 is 4.79 Å². The molecule has 3 aromatic rings. The number of hydrogen-bond acceptors (Lipinski definition) is 3. The van der Waals surface area contributed by atoms with Crippen LogP contribution in [0.1, 0.15) is 76.7 Å². The zero-order valence-corrected chi connectivity index (χ0v) is 25.0. The molecule has 0 unspecified atom stereocenters. The Hall–Kier alpha value is -2.17. The van der Waals surface area contributed by atoms with Gasteiger partial charge in [-0.1, -0.05) is 72.3 Å². The average Bonchev–Trinajstić information content (AvgIpc) is 3.12. The van der Waals surface area contributed by atoms with Gasteiger partial charge in [0.05, 0.1) is 0 Å². The standard InChI is InChI=1S/C34H42N2O.2ClH/c1-27-12-14-30(15-13-27)24-35-21-18-28(19-22-35)9-5-11-34(37)32-17-16-31-10-6-20-36(26-33(31)23-32)25-29-7-3-2-4-8-29;;/h2-4,7-8,12-17,23,28H,5-6,9-11,18-22,24-26H2,1H3;2*1H. The first-order valence-electron chi connectivity index (χ1n) is 14.3. The number of carbonyl (C=O) groups excluding carboxylic acids is 1. The van der Waals surface area contributed by atoms with Crippen molar-refractivity contribution in [3.05, 3.63) is 106 Å². The number of Topliss-reactive ketones (excluding diaryl/α,β-unsaturated/α-hetero) is 1. The van der Waals surface area contributed by atoms with Crippen LogP contribution in [-0.2, 0) is 26.1 Å². The van der Waals surface area contributed by atoms with Crippen LogP contribution in [0, 0.1) is 12.8 Å². The van der Waals surface area contributed by atoms with Crippen LogP contribution in [0.5, 0.6) is 0 Å². The third-order valence-electron chi connectivity index (χ3n) is 8.34. The minimum Gasteiger partial charge on any atom is -0.299 e. The third-order valence-corrected chi connectivity index (χ3v) is 8.34. The monoisotopic (exact) mass is 566 g/mol. The molecule has 0 aliphatic carbocycles. The molecule has 39 heavy (non-hydrogen) atoms. The van der Waals surface area contributed by atoms with E-state index in [4.69, 9.17) is 0 Å². The van der Waals surface area contributed by atoms with Gasteiger partial charge in [-0.15, -0.1) is 24.8 Å². The van der Waals surface area contributed by atoms with Gasteiger partial charge in [0.2, 0.25) is 0 Å². The summed E-state index contributed by atoms with van der Waals surface area (Å²) in [6.45, 7) is 8.58. The number of fused-ring (bicyclic) bond motifs is 1. The first-order chi connectivity index (χ1) is 18.1. The fourth-order valence-corrected chi connectivity index (χ4v) is 6.06. The molecule has 5 heteroatoms. The Labute approximate surface area is 247 Å². The number of halogens is 2. The van der Waals surface area contributed by atoms with Gasteiger partial charge in [0.25, 0.3) is 0 Å². The quantitative estimate of drug-likeness (QED) is 0.245. The fraction of sp³-hybridized carbons (Fsp3) is 0.441. The summed E-state index contributed by atoms with van der Waals surface area (Å²) in [4.78, 5) is 18.2. The van der Waals surface area contributed by atoms with E-state index in [9.17, 15) is 4.79 Å². The molecule has 5 rings (SSSR count). The summed E-state index contributed by atoms with van der Waals surface area (Å²) in [6, 6.07) is 26.2. The lowest BCUT2D eigenvalue weighted by Crippen LogP contribution is -2.33. The lowest BCUT2D eigenvalue weighted by molar-refractivity contribution is 0.0974. The van der Waals surface area contributed by atoms with Crippen molar-refractivity contribution in [3.63, 3.8) is 0 Å². The molecule has 0 aromatic heterocycles. The lowest BCUT2D eigenvalue weighted by Gasteiger charge is -2.32. The zero-order chi connectivity index (χ0) is 25.5. The number of piperidine rings is 1. The molecule has 0 saturated carbocycles. The molecule has 0 radical (unpaired) electrons. The van der Waals surface area contributed by atoms with Crippen molar-refractivity contribution in [2.24, 2.45) is 5.92 Å². The summed E-state index contributed by atoms with van der Waals surface area (Å²) in [5.74, 6) is 1.08. The van der Waals surface area contributed by atoms with E-state index in [-0.39, 0.29) is 24.8 Å². The van der Waals surface area contributed by atoms with Crippen LogP contribution in [0.4, 0.5) is 0 Å². The van der Waals surface area contributed by atoms with Crippen LogP contribution in [0.25, 0.3) is 0 Å². The molecule has 2 heterocycles. The summed E-state index contributed by atoms with van der Waals surface area (Å²) in [5.41, 5.74) is 7.78. The predicted molar refractivity (Wildman–Crippen MR) is 167 cm³/mol. The van der Waals surface area contributed by atoms with Crippen LogP contribution >= 0.6 is 24.8 Å². The normalized spacial score (nSPS) is 16.4. The molecule has 0 spiro atoms. The summed E-state index contributed by atoms with van der Waals surface area (Å²) >= 11 is 0. The van der Waals surface area contributed by atoms with E-state index >= 15 is 0 Å². The van der Waals surface area contributed by atoms with Gasteiger partial charge in [-0.25, -0.2) is 0 Å². The maximum Gasteiger partial charge on any atom is 0.162 e. The Bertz CT molecular complexity index is 1160. The molecule has 1 saturated heterocycles. The highest BCUT2D eigenvalue weighted by Gasteiger charge is 2.20. The van der Waals surface area contributed by atoms with Gasteiger partial charge in [0.15, 0.2) is 5.78 Å². The van der Waals surface area contributed by atoms with Crippen molar-refractivity contribution in [2.45, 2.75) is 71.5 Å². The second-order valence-electron chi connectivity index (χ2n) is 11.3. The molecule has 0 atom stereocenters. The number of aryl methyl sites for hydroxylation is 2. The van der Waals surface area contributed by atoms with Gasteiger partial charge in [-0.2, -0.15) is 0 Å². The van der Waals surface area contributed by atoms with Crippen LogP contribution in [0.2, 0.25) is 0 Å². The molecule has 2 aliphatic rings. The number of carbonyl (C=O) groups is 1. The Morgan fingerprint density at radius 2 is 1.49 bits per heavy atom. The van der Waals surface area contributed by atoms with Crippen LogP contribution in [-0.4, -0.2) is 35.2 Å². The molecule has 3 nitrogen and oxygen atoms in total. The first-order valence-corrected chi connectivity index (χ1v) is 14.3. The largest absolute Gasteiger partial charge is 0.299 e. The first kappa shape index (κ1) is 31.4. The molecular weight excluding hydrogens is 523 g/mol. The van der Waals surface area contributed by atoms with Gasteiger partial charge in [-0.3, -0.25) is 14.6 Å². The van der Waals surface area contributed by atoms with Gasteiger partial charge < -0.3 is 0 Å². The van der Waals surface area contributed by atoms with E-state index in [1.165, 1.54) is 66.6 Å². The highest BCUT2D eigenvalue weighted by atomic mass is 35.5. The predicted octanol–water partition coefficient (Wildman–Crippen LogP) is 8.05. The molecular formula is C34H44Cl2N2O. The maximum atomic E-state index is 13.1. The minimum atomic E-state index is 0. The number of rotatable bonds is 9. The van der Waals surface area contributed by atoms with E-state index in [0.29, 0.717) is 12.2 Å². The second-order valence-corrected chi connectivity index (χ2v) is 11.3. The van der Waals surface area contributed by atoms with Gasteiger partial charge >= 0.3 is 0 Å². The second kappa shape index (κ2) is 15.6. The van der Waals surface area contributed by atoms with Crippen molar-refractivity contribution in [3.8, 4) is 0 Å². The molecule has 0 bridgehead atoms. The zero-order valence-electron chi connectivity index (χ0n) is 23.3. The molecule has 3 aromatic carbocycles. The Morgan fingerprint density at radius 3 is 2.23 bits per heavy atom. The van der Waals surface area contributed by atoms with E-state index in [2.05, 4.69) is 89.5 Å². The number of ketones is 1. The highest BCUT2D eigenvalue weighted by molar-refractivity contribution is 5.96. The van der Waals surface area contributed by atoms with Gasteiger partial charge in [0, 0.05) is 31.6 Å².